The molecular weight excluding hydrogens is 200 g/mol. The van der Waals surface area contributed by atoms with E-state index in [1.165, 1.54) is 0 Å². The molecule has 0 atom stereocenters. The molecule has 2 heterocycles. The van der Waals surface area contributed by atoms with Crippen molar-refractivity contribution in [2.75, 3.05) is 19.0 Å². The maximum absolute atomic E-state index is 5.99. The Morgan fingerprint density at radius 3 is 2.71 bits per heavy atom. The molecule has 0 bridgehead atoms. The highest BCUT2D eigenvalue weighted by Crippen LogP contribution is 2.23. The highest BCUT2D eigenvalue weighted by atomic mass is 35.5. The highest BCUT2D eigenvalue weighted by Gasteiger charge is 2.09. The molecule has 2 rings (SSSR count). The monoisotopic (exact) mass is 210 g/mol. The van der Waals surface area contributed by atoms with Gasteiger partial charge >= 0.3 is 0 Å². The molecule has 2 aromatic heterocycles. The van der Waals surface area contributed by atoms with Crippen molar-refractivity contribution < 1.29 is 0 Å². The zero-order valence-electron chi connectivity index (χ0n) is 8.32. The first-order chi connectivity index (χ1) is 6.59. The number of aromatic nitrogens is 3. The number of halogens is 1. The van der Waals surface area contributed by atoms with E-state index in [1.54, 1.807) is 0 Å². The second-order valence-corrected chi connectivity index (χ2v) is 3.82. The molecule has 5 heteroatoms. The molecule has 4 nitrogen and oxygen atoms in total. The Morgan fingerprint density at radius 2 is 2.07 bits per heavy atom. The first-order valence-corrected chi connectivity index (χ1v) is 4.65. The molecule has 0 fully saturated rings. The van der Waals surface area contributed by atoms with Crippen LogP contribution in [0.4, 0.5) is 5.69 Å². The van der Waals surface area contributed by atoms with Crippen molar-refractivity contribution in [3.05, 3.63) is 23.1 Å². The first kappa shape index (κ1) is 9.27. The predicted molar refractivity (Wildman–Crippen MR) is 57.1 cm³/mol. The zero-order valence-corrected chi connectivity index (χ0v) is 9.08. The molecule has 0 aliphatic heterocycles. The Hall–Kier alpha value is -1.29. The summed E-state index contributed by atoms with van der Waals surface area (Å²) in [6, 6.07) is 1.88. The van der Waals surface area contributed by atoms with E-state index >= 15 is 0 Å². The summed E-state index contributed by atoms with van der Waals surface area (Å²) < 4.78 is 1.89. The number of aryl methyl sites for hydroxylation is 1. The van der Waals surface area contributed by atoms with Gasteiger partial charge in [0.2, 0.25) is 0 Å². The number of hydrogen-bond donors (Lipinski definition) is 0. The van der Waals surface area contributed by atoms with Gasteiger partial charge in [-0.2, -0.15) is 0 Å². The Morgan fingerprint density at radius 1 is 1.36 bits per heavy atom. The molecule has 0 radical (unpaired) electrons. The Balaban J connectivity index is 2.82. The molecule has 14 heavy (non-hydrogen) atoms. The Bertz CT molecular complexity index is 475. The maximum atomic E-state index is 5.99. The van der Waals surface area contributed by atoms with Crippen molar-refractivity contribution in [1.29, 1.82) is 0 Å². The summed E-state index contributed by atoms with van der Waals surface area (Å²) in [5.74, 6) is 0.839. The lowest BCUT2D eigenvalue weighted by molar-refractivity contribution is 1.01. The molecule has 0 saturated heterocycles. The molecule has 0 spiro atoms. The molecule has 74 valence electrons. The van der Waals surface area contributed by atoms with Gasteiger partial charge in [-0.1, -0.05) is 11.6 Å². The molecule has 0 unspecified atom stereocenters. The van der Waals surface area contributed by atoms with Gasteiger partial charge in [0.25, 0.3) is 0 Å². The fourth-order valence-corrected chi connectivity index (χ4v) is 1.58. The first-order valence-electron chi connectivity index (χ1n) is 4.28. The quantitative estimate of drug-likeness (QED) is 0.719. The molecule has 0 aliphatic carbocycles. The van der Waals surface area contributed by atoms with Crippen LogP contribution in [-0.4, -0.2) is 28.7 Å². The molecule has 0 saturated carbocycles. The van der Waals surface area contributed by atoms with E-state index in [0.717, 1.165) is 17.2 Å². The third-order valence-electron chi connectivity index (χ3n) is 2.10. The minimum atomic E-state index is 0.684. The van der Waals surface area contributed by atoms with Crippen LogP contribution < -0.4 is 4.90 Å². The second kappa shape index (κ2) is 3.13. The summed E-state index contributed by atoms with van der Waals surface area (Å²) in [5, 5.41) is 8.79. The Labute approximate surface area is 87.1 Å². The van der Waals surface area contributed by atoms with Crippen LogP contribution in [0.25, 0.3) is 5.65 Å². The number of hydrogen-bond acceptors (Lipinski definition) is 3. The lowest BCUT2D eigenvalue weighted by Crippen LogP contribution is -2.10. The fraction of sp³-hybridized carbons (Fsp3) is 0.333. The third-order valence-corrected chi connectivity index (χ3v) is 2.31. The maximum Gasteiger partial charge on any atom is 0.184 e. The zero-order chi connectivity index (χ0) is 10.3. The number of nitrogens with zero attached hydrogens (tertiary/aromatic N) is 4. The van der Waals surface area contributed by atoms with Gasteiger partial charge in [0, 0.05) is 20.3 Å². The summed E-state index contributed by atoms with van der Waals surface area (Å²) in [7, 11) is 3.91. The lowest BCUT2D eigenvalue weighted by Gasteiger charge is -2.13. The average Bonchev–Trinajstić information content (AvgIpc) is 2.47. The van der Waals surface area contributed by atoms with Crippen LogP contribution in [0.1, 0.15) is 5.82 Å². The van der Waals surface area contributed by atoms with Crippen LogP contribution in [0.15, 0.2) is 12.3 Å². The van der Waals surface area contributed by atoms with Crippen LogP contribution in [0.2, 0.25) is 5.02 Å². The van der Waals surface area contributed by atoms with Crippen LogP contribution in [-0.2, 0) is 0 Å². The van der Waals surface area contributed by atoms with E-state index < -0.39 is 0 Å². The van der Waals surface area contributed by atoms with Crippen molar-refractivity contribution in [2.24, 2.45) is 0 Å². The number of rotatable bonds is 1. The minimum Gasteiger partial charge on any atom is -0.375 e. The molecule has 0 amide bonds. The molecule has 0 N–H and O–H groups in total. The summed E-state index contributed by atoms with van der Waals surface area (Å²) in [4.78, 5) is 1.97. The highest BCUT2D eigenvalue weighted by molar-refractivity contribution is 6.30. The molecule has 0 aromatic carbocycles. The van der Waals surface area contributed by atoms with E-state index in [0.29, 0.717) is 5.02 Å². The largest absolute Gasteiger partial charge is 0.375 e. The van der Waals surface area contributed by atoms with Gasteiger partial charge in [-0.15, -0.1) is 10.2 Å². The van der Waals surface area contributed by atoms with E-state index in [1.807, 2.05) is 42.6 Å². The van der Waals surface area contributed by atoms with Crippen LogP contribution >= 0.6 is 11.6 Å². The Kier molecular flexibility index (Phi) is 2.07. The average molecular weight is 211 g/mol. The van der Waals surface area contributed by atoms with Gasteiger partial charge < -0.3 is 4.90 Å². The van der Waals surface area contributed by atoms with Crippen molar-refractivity contribution in [3.8, 4) is 0 Å². The van der Waals surface area contributed by atoms with Crippen molar-refractivity contribution in [2.45, 2.75) is 6.92 Å². The normalized spacial score (nSPS) is 10.9. The SMILES string of the molecule is Cc1nnc2c(N(C)C)cc(Cl)cn12. The minimum absolute atomic E-state index is 0.684. The van der Waals surface area contributed by atoms with Gasteiger partial charge in [-0.25, -0.2) is 0 Å². The summed E-state index contributed by atoms with van der Waals surface area (Å²) in [6.07, 6.45) is 1.82. The summed E-state index contributed by atoms with van der Waals surface area (Å²) >= 11 is 5.99. The second-order valence-electron chi connectivity index (χ2n) is 3.38. The number of anilines is 1. The van der Waals surface area contributed by atoms with Gasteiger partial charge in [-0.05, 0) is 13.0 Å². The van der Waals surface area contributed by atoms with E-state index in [-0.39, 0.29) is 0 Å². The smallest absolute Gasteiger partial charge is 0.184 e. The van der Waals surface area contributed by atoms with Crippen molar-refractivity contribution >= 4 is 22.9 Å². The third kappa shape index (κ3) is 1.32. The molecule has 0 aliphatic rings. The molecular formula is C9H11ClN4. The summed E-state index contributed by atoms with van der Waals surface area (Å²) in [5.41, 5.74) is 1.80. The standard InChI is InChI=1S/C9H11ClN4/c1-6-11-12-9-8(13(2)3)4-7(10)5-14(6)9/h4-5H,1-3H3. The molecule has 2 aromatic rings. The van der Waals surface area contributed by atoms with E-state index in [9.17, 15) is 0 Å². The van der Waals surface area contributed by atoms with Crippen molar-refractivity contribution in [3.63, 3.8) is 0 Å². The lowest BCUT2D eigenvalue weighted by atomic mass is 10.3. The van der Waals surface area contributed by atoms with Gasteiger partial charge in [-0.3, -0.25) is 4.40 Å². The van der Waals surface area contributed by atoms with Crippen LogP contribution in [0.5, 0.6) is 0 Å². The van der Waals surface area contributed by atoms with E-state index in [4.69, 9.17) is 11.6 Å². The predicted octanol–water partition coefficient (Wildman–Crippen LogP) is 1.76. The number of pyridine rings is 1. The van der Waals surface area contributed by atoms with Crippen molar-refractivity contribution in [1.82, 2.24) is 14.6 Å². The van der Waals surface area contributed by atoms with Gasteiger partial charge in [0.15, 0.2) is 5.65 Å². The topological polar surface area (TPSA) is 33.4 Å². The van der Waals surface area contributed by atoms with E-state index in [2.05, 4.69) is 10.2 Å². The fourth-order valence-electron chi connectivity index (χ4n) is 1.38. The van der Waals surface area contributed by atoms with Gasteiger partial charge in [0.1, 0.15) is 5.82 Å². The van der Waals surface area contributed by atoms with Crippen LogP contribution in [0, 0.1) is 6.92 Å². The van der Waals surface area contributed by atoms with Crippen LogP contribution in [0.3, 0.4) is 0 Å². The van der Waals surface area contributed by atoms with Gasteiger partial charge in [0.05, 0.1) is 10.7 Å². The summed E-state index contributed by atoms with van der Waals surface area (Å²) in [6.45, 7) is 1.90. The number of fused-ring (bicyclic) bond motifs is 1.